The maximum atomic E-state index is 7.94. The van der Waals surface area contributed by atoms with Gasteiger partial charge in [-0.25, -0.2) is 9.69 Å². The van der Waals surface area contributed by atoms with E-state index in [2.05, 4.69) is 99.2 Å². The molecule has 1 aromatic heterocycles. The van der Waals surface area contributed by atoms with Crippen LogP contribution in [0.2, 0.25) is 0 Å². The third-order valence-corrected chi connectivity index (χ3v) is 7.56. The van der Waals surface area contributed by atoms with Crippen LogP contribution in [0.15, 0.2) is 140 Å². The smallest absolute Gasteiger partial charge is 0.189 e. The van der Waals surface area contributed by atoms with Crippen LogP contribution >= 0.6 is 0 Å². The zero-order valence-electron chi connectivity index (χ0n) is 22.1. The molecule has 6 aromatic carbocycles. The monoisotopic (exact) mass is 521 g/mol. The minimum atomic E-state index is 0.576. The van der Waals surface area contributed by atoms with Crippen molar-refractivity contribution in [3.05, 3.63) is 162 Å². The highest BCUT2D eigenvalue weighted by Gasteiger charge is 2.15. The fraction of sp³-hybridized carbons (Fsp3) is 0. The van der Waals surface area contributed by atoms with E-state index in [0.29, 0.717) is 11.4 Å². The molecule has 0 atom stereocenters. The highest BCUT2D eigenvalue weighted by Crippen LogP contribution is 2.39. The average Bonchev–Trinajstić information content (AvgIpc) is 3.38. The van der Waals surface area contributed by atoms with E-state index >= 15 is 0 Å². The number of fused-ring (bicyclic) bond motifs is 3. The van der Waals surface area contributed by atoms with Gasteiger partial charge in [0.05, 0.1) is 24.2 Å². The van der Waals surface area contributed by atoms with Crippen molar-refractivity contribution in [2.24, 2.45) is 0 Å². The van der Waals surface area contributed by atoms with Crippen LogP contribution < -0.4 is 0 Å². The van der Waals surface area contributed by atoms with E-state index in [1.165, 1.54) is 0 Å². The number of benzene rings is 6. The molecule has 0 aliphatic carbocycles. The van der Waals surface area contributed by atoms with Gasteiger partial charge < -0.3 is 4.57 Å². The predicted octanol–water partition coefficient (Wildman–Crippen LogP) is 10.9. The van der Waals surface area contributed by atoms with Gasteiger partial charge in [0.1, 0.15) is 0 Å². The molecule has 3 nitrogen and oxygen atoms in total. The number of nitrogens with zero attached hydrogens (tertiary/aromatic N) is 3. The van der Waals surface area contributed by atoms with E-state index in [1.807, 2.05) is 54.6 Å². The third kappa shape index (κ3) is 4.33. The first-order valence-corrected chi connectivity index (χ1v) is 13.4. The van der Waals surface area contributed by atoms with Crippen molar-refractivity contribution in [3.8, 4) is 39.1 Å². The Morgan fingerprint density at radius 1 is 0.390 bits per heavy atom. The van der Waals surface area contributed by atoms with Gasteiger partial charge in [0.2, 0.25) is 0 Å². The highest BCUT2D eigenvalue weighted by molar-refractivity contribution is 6.10. The summed E-state index contributed by atoms with van der Waals surface area (Å²) in [6.07, 6.45) is 0. The van der Waals surface area contributed by atoms with Crippen LogP contribution in [0.25, 0.3) is 70.6 Å². The van der Waals surface area contributed by atoms with Crippen LogP contribution in [0.5, 0.6) is 0 Å². The molecule has 0 radical (unpaired) electrons. The molecule has 0 unspecified atom stereocenters. The lowest BCUT2D eigenvalue weighted by Crippen LogP contribution is -1.95. The standard InChI is InChI=1S/C38H23N3/c1-39-32-17-18-38-36(25-32)35-15-9-10-16-37(35)41(38)34-23-31(22-33(24-34)40-2)30-20-28(26-11-5-3-6-12-26)19-29(21-30)27-13-7-4-8-14-27/h3-25H. The first-order valence-electron chi connectivity index (χ1n) is 13.4. The fourth-order valence-corrected chi connectivity index (χ4v) is 5.65. The molecular weight excluding hydrogens is 498 g/mol. The number of rotatable bonds is 4. The largest absolute Gasteiger partial charge is 0.311 e. The van der Waals surface area contributed by atoms with E-state index < -0.39 is 0 Å². The van der Waals surface area contributed by atoms with Crippen LogP contribution in [0.1, 0.15) is 0 Å². The second kappa shape index (κ2) is 10.0. The van der Waals surface area contributed by atoms with Crippen molar-refractivity contribution in [2.75, 3.05) is 0 Å². The van der Waals surface area contributed by atoms with E-state index in [4.69, 9.17) is 13.1 Å². The minimum absolute atomic E-state index is 0.576. The number of aromatic nitrogens is 1. The second-order valence-corrected chi connectivity index (χ2v) is 10.0. The first-order chi connectivity index (χ1) is 20.2. The summed E-state index contributed by atoms with van der Waals surface area (Å²) in [5.74, 6) is 0. The average molecular weight is 522 g/mol. The Balaban J connectivity index is 1.49. The normalized spacial score (nSPS) is 10.9. The summed E-state index contributed by atoms with van der Waals surface area (Å²) in [6.45, 7) is 15.5. The summed E-state index contributed by atoms with van der Waals surface area (Å²) in [5, 5.41) is 2.11. The quantitative estimate of drug-likeness (QED) is 0.204. The predicted molar refractivity (Wildman–Crippen MR) is 170 cm³/mol. The zero-order chi connectivity index (χ0) is 27.8. The van der Waals surface area contributed by atoms with Gasteiger partial charge in [-0.05, 0) is 93.4 Å². The Bertz CT molecular complexity index is 2100. The van der Waals surface area contributed by atoms with E-state index in [9.17, 15) is 0 Å². The van der Waals surface area contributed by atoms with Gasteiger partial charge in [-0.15, -0.1) is 0 Å². The van der Waals surface area contributed by atoms with Crippen LogP contribution in [0, 0.1) is 13.1 Å². The number of hydrogen-bond donors (Lipinski definition) is 0. The molecule has 0 fully saturated rings. The molecule has 0 aliphatic heterocycles. The number of hydrogen-bond acceptors (Lipinski definition) is 0. The lowest BCUT2D eigenvalue weighted by molar-refractivity contribution is 1.18. The summed E-state index contributed by atoms with van der Waals surface area (Å²) >= 11 is 0. The molecule has 0 bridgehead atoms. The molecule has 41 heavy (non-hydrogen) atoms. The SMILES string of the molecule is [C-]#[N+]c1cc(-c2cc(-c3ccccc3)cc(-c3ccccc3)c2)cc(-n2c3ccccc3c3cc([N+]#[C-])ccc32)c1. The van der Waals surface area contributed by atoms with Crippen molar-refractivity contribution < 1.29 is 0 Å². The molecule has 7 rings (SSSR count). The van der Waals surface area contributed by atoms with Crippen LogP contribution in [-0.2, 0) is 0 Å². The Morgan fingerprint density at radius 3 is 1.56 bits per heavy atom. The van der Waals surface area contributed by atoms with Crippen molar-refractivity contribution in [1.82, 2.24) is 4.57 Å². The van der Waals surface area contributed by atoms with Gasteiger partial charge >= 0.3 is 0 Å². The van der Waals surface area contributed by atoms with Crippen LogP contribution in [-0.4, -0.2) is 4.57 Å². The minimum Gasteiger partial charge on any atom is -0.311 e. The summed E-state index contributed by atoms with van der Waals surface area (Å²) in [4.78, 5) is 7.53. The zero-order valence-corrected chi connectivity index (χ0v) is 22.1. The molecule has 3 heteroatoms. The molecule has 190 valence electrons. The Labute approximate surface area is 238 Å². The molecule has 7 aromatic rings. The Hall–Kier alpha value is -5.90. The lowest BCUT2D eigenvalue weighted by Gasteiger charge is -2.14. The van der Waals surface area contributed by atoms with Crippen molar-refractivity contribution in [3.63, 3.8) is 0 Å². The van der Waals surface area contributed by atoms with Crippen LogP contribution in [0.4, 0.5) is 11.4 Å². The summed E-state index contributed by atoms with van der Waals surface area (Å²) in [7, 11) is 0. The topological polar surface area (TPSA) is 13.6 Å². The molecule has 1 heterocycles. The van der Waals surface area contributed by atoms with Gasteiger partial charge in [-0.2, -0.15) is 0 Å². The number of para-hydroxylation sites is 1. The molecular formula is C38H23N3. The Morgan fingerprint density at radius 2 is 0.927 bits per heavy atom. The van der Waals surface area contributed by atoms with E-state index in [1.54, 1.807) is 0 Å². The van der Waals surface area contributed by atoms with Crippen molar-refractivity contribution in [1.29, 1.82) is 0 Å². The summed E-state index contributed by atoms with van der Waals surface area (Å²) in [6, 6.07) is 47.6. The Kier molecular flexibility index (Phi) is 5.90. The van der Waals surface area contributed by atoms with E-state index in [0.717, 1.165) is 60.9 Å². The molecule has 0 amide bonds. The first kappa shape index (κ1) is 24.2. The van der Waals surface area contributed by atoms with Crippen LogP contribution in [0.3, 0.4) is 0 Å². The van der Waals surface area contributed by atoms with Crippen molar-refractivity contribution >= 4 is 33.2 Å². The second-order valence-electron chi connectivity index (χ2n) is 10.0. The molecule has 0 saturated heterocycles. The van der Waals surface area contributed by atoms with E-state index in [-0.39, 0.29) is 0 Å². The molecule has 0 spiro atoms. The lowest BCUT2D eigenvalue weighted by atomic mass is 9.93. The van der Waals surface area contributed by atoms with Gasteiger partial charge in [-0.3, -0.25) is 0 Å². The van der Waals surface area contributed by atoms with Gasteiger partial charge in [0.15, 0.2) is 11.4 Å². The molecule has 0 N–H and O–H groups in total. The summed E-state index contributed by atoms with van der Waals surface area (Å²) in [5.41, 5.74) is 10.7. The third-order valence-electron chi connectivity index (χ3n) is 7.56. The maximum absolute atomic E-state index is 7.94. The van der Waals surface area contributed by atoms with Crippen molar-refractivity contribution in [2.45, 2.75) is 0 Å². The maximum Gasteiger partial charge on any atom is 0.189 e. The van der Waals surface area contributed by atoms with Gasteiger partial charge in [0.25, 0.3) is 0 Å². The molecule has 0 saturated carbocycles. The highest BCUT2D eigenvalue weighted by atomic mass is 15.0. The molecule has 0 aliphatic rings. The van der Waals surface area contributed by atoms with Gasteiger partial charge in [0, 0.05) is 11.1 Å². The summed E-state index contributed by atoms with van der Waals surface area (Å²) < 4.78 is 2.20. The fourth-order valence-electron chi connectivity index (χ4n) is 5.65. The van der Waals surface area contributed by atoms with Gasteiger partial charge in [-0.1, -0.05) is 84.9 Å².